The molecule has 3 heterocycles. The van der Waals surface area contributed by atoms with Crippen LogP contribution >= 0.6 is 0 Å². The largest absolute Gasteiger partial charge is 0.435 e. The standard InChI is InChI=1S/C24H28F2N4O4/c1-14(2)30-19-12-17(22(32)28-24(15(3)31)7-9-33-10-8-24)13-27-21(19)20(29-30)16-5-4-6-18(11-16)34-23(25)26/h4-6,11-15,23,31H,7-10H2,1-3H3,(H,28,32). The predicted molar refractivity (Wildman–Crippen MR) is 122 cm³/mol. The van der Waals surface area contributed by atoms with Crippen molar-refractivity contribution in [3.8, 4) is 17.0 Å². The van der Waals surface area contributed by atoms with Crippen molar-refractivity contribution in [2.24, 2.45) is 0 Å². The van der Waals surface area contributed by atoms with Crippen molar-refractivity contribution < 1.29 is 28.2 Å². The molecule has 0 spiro atoms. The van der Waals surface area contributed by atoms with Crippen LogP contribution in [0, 0.1) is 0 Å². The van der Waals surface area contributed by atoms with Crippen LogP contribution in [0.2, 0.25) is 0 Å². The number of ether oxygens (including phenoxy) is 2. The highest BCUT2D eigenvalue weighted by Crippen LogP contribution is 2.32. The SMILES string of the molecule is CC(C)n1nc(-c2cccc(OC(F)F)c2)c2ncc(C(=O)NC3(C(C)O)CCOCC3)cc21. The average Bonchev–Trinajstić information content (AvgIpc) is 3.18. The first-order chi connectivity index (χ1) is 16.2. The minimum Gasteiger partial charge on any atom is -0.435 e. The van der Waals surface area contributed by atoms with Crippen LogP contribution in [0.3, 0.4) is 0 Å². The van der Waals surface area contributed by atoms with Crippen LogP contribution in [0.25, 0.3) is 22.3 Å². The molecule has 2 N–H and O–H groups in total. The van der Waals surface area contributed by atoms with E-state index in [1.54, 1.807) is 29.8 Å². The van der Waals surface area contributed by atoms with Gasteiger partial charge in [0.2, 0.25) is 0 Å². The summed E-state index contributed by atoms with van der Waals surface area (Å²) in [5.74, 6) is -0.321. The molecule has 1 amide bonds. The average molecular weight is 475 g/mol. The second-order valence-corrected chi connectivity index (χ2v) is 8.78. The van der Waals surface area contributed by atoms with Crippen molar-refractivity contribution in [1.82, 2.24) is 20.1 Å². The van der Waals surface area contributed by atoms with E-state index in [-0.39, 0.29) is 17.7 Å². The van der Waals surface area contributed by atoms with Gasteiger partial charge in [0.25, 0.3) is 5.91 Å². The molecule has 0 bridgehead atoms. The molecule has 1 fully saturated rings. The summed E-state index contributed by atoms with van der Waals surface area (Å²) in [6, 6.07) is 7.95. The van der Waals surface area contributed by atoms with Gasteiger partial charge >= 0.3 is 6.61 Å². The molecule has 0 radical (unpaired) electrons. The zero-order valence-electron chi connectivity index (χ0n) is 19.3. The van der Waals surface area contributed by atoms with Gasteiger partial charge in [-0.15, -0.1) is 0 Å². The lowest BCUT2D eigenvalue weighted by molar-refractivity contribution is -0.0498. The first-order valence-corrected chi connectivity index (χ1v) is 11.2. The van der Waals surface area contributed by atoms with E-state index >= 15 is 0 Å². The van der Waals surface area contributed by atoms with E-state index in [4.69, 9.17) is 4.74 Å². The summed E-state index contributed by atoms with van der Waals surface area (Å²) in [6.07, 6.45) is 1.74. The molecule has 0 saturated carbocycles. The fraction of sp³-hybridized carbons (Fsp3) is 0.458. The number of aromatic nitrogens is 3. The maximum atomic E-state index is 13.2. The van der Waals surface area contributed by atoms with E-state index in [2.05, 4.69) is 20.1 Å². The molecule has 1 saturated heterocycles. The number of hydrogen-bond acceptors (Lipinski definition) is 6. The van der Waals surface area contributed by atoms with Gasteiger partial charge in [-0.25, -0.2) is 0 Å². The van der Waals surface area contributed by atoms with Crippen LogP contribution in [0.15, 0.2) is 36.5 Å². The van der Waals surface area contributed by atoms with Gasteiger partial charge < -0.3 is 19.9 Å². The first kappa shape index (κ1) is 24.0. The Hall–Kier alpha value is -3.11. The van der Waals surface area contributed by atoms with Gasteiger partial charge in [-0.1, -0.05) is 12.1 Å². The molecular weight excluding hydrogens is 446 g/mol. The molecule has 8 nitrogen and oxygen atoms in total. The number of benzene rings is 1. The van der Waals surface area contributed by atoms with Gasteiger partial charge in [0, 0.05) is 31.0 Å². The van der Waals surface area contributed by atoms with Gasteiger partial charge in [-0.3, -0.25) is 14.5 Å². The molecular formula is C24H28F2N4O4. The lowest BCUT2D eigenvalue weighted by Gasteiger charge is -2.40. The molecule has 4 rings (SSSR count). The van der Waals surface area contributed by atoms with E-state index in [0.29, 0.717) is 53.9 Å². The summed E-state index contributed by atoms with van der Waals surface area (Å²) < 4.78 is 37.0. The highest BCUT2D eigenvalue weighted by molar-refractivity contribution is 5.99. The number of nitrogens with one attached hydrogen (secondary N) is 1. The summed E-state index contributed by atoms with van der Waals surface area (Å²) in [5, 5.41) is 18.0. The van der Waals surface area contributed by atoms with Crippen LogP contribution in [0.1, 0.15) is 50.0 Å². The number of carbonyl (C=O) groups is 1. The molecule has 1 unspecified atom stereocenters. The number of rotatable bonds is 7. The lowest BCUT2D eigenvalue weighted by Crippen LogP contribution is -2.58. The number of halogens is 2. The molecule has 1 aliphatic heterocycles. The number of aliphatic hydroxyl groups excluding tert-OH is 1. The summed E-state index contributed by atoms with van der Waals surface area (Å²) in [6.45, 7) is 3.55. The van der Waals surface area contributed by atoms with E-state index in [1.807, 2.05) is 13.8 Å². The molecule has 1 aliphatic rings. The predicted octanol–water partition coefficient (Wildman–Crippen LogP) is 3.94. The van der Waals surface area contributed by atoms with E-state index < -0.39 is 18.3 Å². The quantitative estimate of drug-likeness (QED) is 0.538. The van der Waals surface area contributed by atoms with Crippen LogP contribution in [-0.4, -0.2) is 57.2 Å². The number of amides is 1. The Balaban J connectivity index is 1.71. The molecule has 2 aromatic heterocycles. The second-order valence-electron chi connectivity index (χ2n) is 8.78. The second kappa shape index (κ2) is 9.63. The van der Waals surface area contributed by atoms with Crippen molar-refractivity contribution in [1.29, 1.82) is 0 Å². The third kappa shape index (κ3) is 4.74. The Morgan fingerprint density at radius 2 is 1.97 bits per heavy atom. The number of fused-ring (bicyclic) bond motifs is 1. The van der Waals surface area contributed by atoms with E-state index in [0.717, 1.165) is 0 Å². The molecule has 182 valence electrons. The summed E-state index contributed by atoms with van der Waals surface area (Å²) >= 11 is 0. The topological polar surface area (TPSA) is 98.5 Å². The Morgan fingerprint density at radius 3 is 2.62 bits per heavy atom. The summed E-state index contributed by atoms with van der Waals surface area (Å²) in [5.41, 5.74) is 1.82. The Bertz CT molecular complexity index is 1170. The number of pyridine rings is 1. The molecule has 1 atom stereocenters. The van der Waals surface area contributed by atoms with Crippen LogP contribution < -0.4 is 10.1 Å². The van der Waals surface area contributed by atoms with Crippen LogP contribution in [0.4, 0.5) is 8.78 Å². The number of alkyl halides is 2. The van der Waals surface area contributed by atoms with E-state index in [9.17, 15) is 18.7 Å². The van der Waals surface area contributed by atoms with Crippen molar-refractivity contribution in [3.63, 3.8) is 0 Å². The van der Waals surface area contributed by atoms with Gasteiger partial charge in [-0.05, 0) is 51.8 Å². The van der Waals surface area contributed by atoms with Gasteiger partial charge in [0.15, 0.2) is 0 Å². The summed E-state index contributed by atoms with van der Waals surface area (Å²) in [7, 11) is 0. The zero-order chi connectivity index (χ0) is 24.5. The number of aliphatic hydroxyl groups is 1. The van der Waals surface area contributed by atoms with Crippen molar-refractivity contribution in [2.45, 2.75) is 57.9 Å². The molecule has 0 aliphatic carbocycles. The molecule has 10 heteroatoms. The zero-order valence-corrected chi connectivity index (χ0v) is 19.3. The van der Waals surface area contributed by atoms with Crippen molar-refractivity contribution in [3.05, 3.63) is 42.1 Å². The number of hydrogen-bond donors (Lipinski definition) is 2. The first-order valence-electron chi connectivity index (χ1n) is 11.2. The fourth-order valence-electron chi connectivity index (χ4n) is 4.23. The normalized spacial score (nSPS) is 16.7. The third-order valence-electron chi connectivity index (χ3n) is 6.18. The summed E-state index contributed by atoms with van der Waals surface area (Å²) in [4.78, 5) is 17.7. The highest BCUT2D eigenvalue weighted by atomic mass is 19.3. The van der Waals surface area contributed by atoms with Gasteiger partial charge in [-0.2, -0.15) is 13.9 Å². The van der Waals surface area contributed by atoms with E-state index in [1.165, 1.54) is 18.3 Å². The Labute approximate surface area is 195 Å². The highest BCUT2D eigenvalue weighted by Gasteiger charge is 2.39. The van der Waals surface area contributed by atoms with Crippen LogP contribution in [0.5, 0.6) is 5.75 Å². The Morgan fingerprint density at radius 1 is 1.24 bits per heavy atom. The Kier molecular flexibility index (Phi) is 6.81. The number of carbonyl (C=O) groups excluding carboxylic acids is 1. The third-order valence-corrected chi connectivity index (χ3v) is 6.18. The molecule has 1 aromatic carbocycles. The van der Waals surface area contributed by atoms with Crippen LogP contribution in [-0.2, 0) is 4.74 Å². The fourth-order valence-corrected chi connectivity index (χ4v) is 4.23. The molecule has 3 aromatic rings. The molecule has 34 heavy (non-hydrogen) atoms. The number of nitrogens with zero attached hydrogens (tertiary/aromatic N) is 3. The smallest absolute Gasteiger partial charge is 0.387 e. The monoisotopic (exact) mass is 474 g/mol. The van der Waals surface area contributed by atoms with Gasteiger partial charge in [0.1, 0.15) is 17.0 Å². The maximum absolute atomic E-state index is 13.2. The van der Waals surface area contributed by atoms with Gasteiger partial charge in [0.05, 0.1) is 22.7 Å². The minimum atomic E-state index is -2.93. The van der Waals surface area contributed by atoms with Crippen molar-refractivity contribution >= 4 is 16.9 Å². The lowest BCUT2D eigenvalue weighted by atomic mass is 9.84. The van der Waals surface area contributed by atoms with Crippen molar-refractivity contribution in [2.75, 3.05) is 13.2 Å². The maximum Gasteiger partial charge on any atom is 0.387 e. The minimum absolute atomic E-state index is 0.0237.